The third-order valence-corrected chi connectivity index (χ3v) is 6.64. The van der Waals surface area contributed by atoms with Crippen molar-refractivity contribution in [3.05, 3.63) is 53.1 Å². The van der Waals surface area contributed by atoms with Crippen LogP contribution < -0.4 is 20.3 Å². The number of benzene rings is 2. The van der Waals surface area contributed by atoms with Gasteiger partial charge in [-0.2, -0.15) is 13.2 Å². The number of amides is 2. The fourth-order valence-electron chi connectivity index (χ4n) is 4.88. The van der Waals surface area contributed by atoms with Crippen molar-refractivity contribution in [2.75, 3.05) is 30.4 Å². The number of halogens is 3. The maximum absolute atomic E-state index is 13.5. The molecule has 0 saturated carbocycles. The molecule has 7 nitrogen and oxygen atoms in total. The van der Waals surface area contributed by atoms with Gasteiger partial charge in [0.05, 0.1) is 24.9 Å². The van der Waals surface area contributed by atoms with Gasteiger partial charge in [0, 0.05) is 24.3 Å². The number of hydrogen-bond donors (Lipinski definition) is 4. The summed E-state index contributed by atoms with van der Waals surface area (Å²) in [5.41, 5.74) is 1.66. The first kappa shape index (κ1) is 25.1. The van der Waals surface area contributed by atoms with Crippen molar-refractivity contribution in [2.24, 2.45) is 0 Å². The number of hydrogen-bond acceptors (Lipinski definition) is 5. The molecule has 4 rings (SSSR count). The number of methoxy groups -OCH3 is 1. The van der Waals surface area contributed by atoms with Crippen LogP contribution in [0.5, 0.6) is 5.75 Å². The number of rotatable bonds is 5. The van der Waals surface area contributed by atoms with E-state index in [4.69, 9.17) is 4.74 Å². The summed E-state index contributed by atoms with van der Waals surface area (Å²) in [4.78, 5) is 14.8. The Balaban J connectivity index is 1.62. The summed E-state index contributed by atoms with van der Waals surface area (Å²) in [5, 5.41) is 26.0. The lowest BCUT2D eigenvalue weighted by Crippen LogP contribution is -2.40. The highest BCUT2D eigenvalue weighted by Gasteiger charge is 2.42. The highest BCUT2D eigenvalue weighted by atomic mass is 19.4. The number of fused-ring (bicyclic) bond motifs is 1. The third kappa shape index (κ3) is 5.48. The highest BCUT2D eigenvalue weighted by molar-refractivity contribution is 5.92. The summed E-state index contributed by atoms with van der Waals surface area (Å²) in [6.07, 6.45) is -4.31. The quantitative estimate of drug-likeness (QED) is 0.494. The molecule has 35 heavy (non-hydrogen) atoms. The molecule has 1 fully saturated rings. The van der Waals surface area contributed by atoms with Crippen molar-refractivity contribution in [1.82, 2.24) is 5.32 Å². The highest BCUT2D eigenvalue weighted by Crippen LogP contribution is 2.43. The molecule has 2 aromatic rings. The predicted octanol–water partition coefficient (Wildman–Crippen LogP) is 4.45. The first-order valence-electron chi connectivity index (χ1n) is 11.7. The SMILES string of the molecule is COc1c(NC(=O)N[C@@H]2Cc3ccccc3[C@@H]2O)cc(N2CCCCCC2)cc1C(O)C(F)(F)F. The number of anilines is 2. The average Bonchev–Trinajstić information content (AvgIpc) is 2.98. The van der Waals surface area contributed by atoms with Crippen molar-refractivity contribution in [3.63, 3.8) is 0 Å². The van der Waals surface area contributed by atoms with E-state index in [0.717, 1.165) is 36.8 Å². The number of aliphatic hydroxyl groups excluding tert-OH is 2. The maximum atomic E-state index is 13.5. The minimum atomic E-state index is -4.91. The van der Waals surface area contributed by atoms with Gasteiger partial charge in [0.15, 0.2) is 6.10 Å². The maximum Gasteiger partial charge on any atom is 0.418 e. The molecule has 0 radical (unpaired) electrons. The van der Waals surface area contributed by atoms with E-state index in [-0.39, 0.29) is 11.4 Å². The molecule has 2 amide bonds. The molecule has 1 heterocycles. The standard InChI is InChI=1S/C25H30F3N3O4/c1-35-22-18(23(33)25(26,27)28)13-16(31-10-6-2-3-7-11-31)14-20(22)30-24(34)29-19-12-15-8-4-5-9-17(15)21(19)32/h4-5,8-9,13-14,19,21,23,32-33H,2-3,6-7,10-12H2,1H3,(H2,29,30,34)/t19-,21+,23?/m1/s1. The van der Waals surface area contributed by atoms with Crippen LogP contribution >= 0.6 is 0 Å². The smallest absolute Gasteiger partial charge is 0.418 e. The van der Waals surface area contributed by atoms with E-state index in [1.54, 1.807) is 18.2 Å². The Morgan fingerprint density at radius 2 is 1.83 bits per heavy atom. The van der Waals surface area contributed by atoms with Crippen LogP contribution in [0.15, 0.2) is 36.4 Å². The van der Waals surface area contributed by atoms with Crippen molar-refractivity contribution >= 4 is 17.4 Å². The molecule has 10 heteroatoms. The molecular weight excluding hydrogens is 463 g/mol. The van der Waals surface area contributed by atoms with Crippen LogP contribution in [0, 0.1) is 0 Å². The van der Waals surface area contributed by atoms with Gasteiger partial charge in [-0.3, -0.25) is 0 Å². The Kier molecular flexibility index (Phi) is 7.42. The summed E-state index contributed by atoms with van der Waals surface area (Å²) in [5.74, 6) is -0.265. The van der Waals surface area contributed by atoms with Crippen LogP contribution in [-0.2, 0) is 6.42 Å². The van der Waals surface area contributed by atoms with Gasteiger partial charge in [-0.05, 0) is 42.5 Å². The fourth-order valence-corrected chi connectivity index (χ4v) is 4.88. The van der Waals surface area contributed by atoms with Crippen LogP contribution in [0.4, 0.5) is 29.3 Å². The van der Waals surface area contributed by atoms with Gasteiger partial charge >= 0.3 is 12.2 Å². The first-order chi connectivity index (χ1) is 16.7. The zero-order chi connectivity index (χ0) is 25.2. The van der Waals surface area contributed by atoms with E-state index < -0.39 is 36.0 Å². The van der Waals surface area contributed by atoms with Gasteiger partial charge in [0.2, 0.25) is 0 Å². The predicted molar refractivity (Wildman–Crippen MR) is 126 cm³/mol. The Bertz CT molecular complexity index is 1050. The lowest BCUT2D eigenvalue weighted by molar-refractivity contribution is -0.207. The third-order valence-electron chi connectivity index (χ3n) is 6.64. The number of ether oxygens (including phenoxy) is 1. The molecule has 2 aromatic carbocycles. The Morgan fingerprint density at radius 1 is 1.14 bits per heavy atom. The van der Waals surface area contributed by atoms with E-state index in [9.17, 15) is 28.2 Å². The van der Waals surface area contributed by atoms with Crippen molar-refractivity contribution < 1.29 is 32.9 Å². The summed E-state index contributed by atoms with van der Waals surface area (Å²) >= 11 is 0. The average molecular weight is 494 g/mol. The molecule has 2 aliphatic rings. The van der Waals surface area contributed by atoms with Crippen LogP contribution in [0.2, 0.25) is 0 Å². The number of carbonyl (C=O) groups is 1. The largest absolute Gasteiger partial charge is 0.494 e. The monoisotopic (exact) mass is 493 g/mol. The summed E-state index contributed by atoms with van der Waals surface area (Å²) in [7, 11) is 1.19. The summed E-state index contributed by atoms with van der Waals surface area (Å²) in [6, 6.07) is 8.87. The summed E-state index contributed by atoms with van der Waals surface area (Å²) in [6.45, 7) is 1.32. The Labute approximate surface area is 201 Å². The number of nitrogens with one attached hydrogen (secondary N) is 2. The van der Waals surface area contributed by atoms with Crippen molar-refractivity contribution in [1.29, 1.82) is 0 Å². The molecule has 1 aliphatic heterocycles. The van der Waals surface area contributed by atoms with Crippen molar-refractivity contribution in [2.45, 2.75) is 56.5 Å². The molecule has 3 atom stereocenters. The van der Waals surface area contributed by atoms with E-state index in [2.05, 4.69) is 10.6 Å². The Morgan fingerprint density at radius 3 is 2.46 bits per heavy atom. The molecule has 4 N–H and O–H groups in total. The molecule has 1 saturated heterocycles. The minimum Gasteiger partial charge on any atom is -0.494 e. The molecule has 0 spiro atoms. The number of carbonyl (C=O) groups excluding carboxylic acids is 1. The van der Waals surface area contributed by atoms with Gasteiger partial charge in [0.1, 0.15) is 5.75 Å². The topological polar surface area (TPSA) is 94.1 Å². The number of nitrogens with zero attached hydrogens (tertiary/aromatic N) is 1. The zero-order valence-electron chi connectivity index (χ0n) is 19.4. The summed E-state index contributed by atoms with van der Waals surface area (Å²) < 4.78 is 45.7. The second-order valence-corrected chi connectivity index (χ2v) is 9.01. The van der Waals surface area contributed by atoms with Crippen LogP contribution in [0.3, 0.4) is 0 Å². The lowest BCUT2D eigenvalue weighted by atomic mass is 10.0. The molecule has 1 unspecified atom stereocenters. The molecule has 1 aliphatic carbocycles. The van der Waals surface area contributed by atoms with E-state index in [0.29, 0.717) is 25.2 Å². The van der Waals surface area contributed by atoms with Gasteiger partial charge in [-0.1, -0.05) is 37.1 Å². The van der Waals surface area contributed by atoms with Gasteiger partial charge in [-0.15, -0.1) is 0 Å². The van der Waals surface area contributed by atoms with E-state index >= 15 is 0 Å². The van der Waals surface area contributed by atoms with Crippen LogP contribution in [-0.4, -0.2) is 48.7 Å². The molecule has 0 bridgehead atoms. The minimum absolute atomic E-state index is 0.00930. The van der Waals surface area contributed by atoms with Crippen molar-refractivity contribution in [3.8, 4) is 5.75 Å². The Hall–Kier alpha value is -2.98. The van der Waals surface area contributed by atoms with Crippen LogP contribution in [0.1, 0.15) is 54.6 Å². The first-order valence-corrected chi connectivity index (χ1v) is 11.7. The van der Waals surface area contributed by atoms with Gasteiger partial charge in [-0.25, -0.2) is 4.79 Å². The number of aliphatic hydroxyl groups is 2. The second kappa shape index (κ2) is 10.3. The zero-order valence-corrected chi connectivity index (χ0v) is 19.4. The number of urea groups is 1. The molecule has 190 valence electrons. The van der Waals surface area contributed by atoms with Gasteiger partial charge < -0.3 is 30.5 Å². The fraction of sp³-hybridized carbons (Fsp3) is 0.480. The number of alkyl halides is 3. The van der Waals surface area contributed by atoms with Crippen LogP contribution in [0.25, 0.3) is 0 Å². The molecule has 0 aromatic heterocycles. The molecular formula is C25H30F3N3O4. The normalized spacial score (nSPS) is 21.1. The van der Waals surface area contributed by atoms with Gasteiger partial charge in [0.25, 0.3) is 0 Å². The van der Waals surface area contributed by atoms with E-state index in [1.807, 2.05) is 17.0 Å². The van der Waals surface area contributed by atoms with E-state index in [1.165, 1.54) is 13.2 Å². The lowest BCUT2D eigenvalue weighted by Gasteiger charge is -2.27. The second-order valence-electron chi connectivity index (χ2n) is 9.01.